The smallest absolute Gasteiger partial charge is 0.118 e. The number of hydrogen-bond donors (Lipinski definition) is 1. The van der Waals surface area contributed by atoms with Gasteiger partial charge in [-0.05, 0) is 43.4 Å². The van der Waals surface area contributed by atoms with E-state index in [-0.39, 0.29) is 12.1 Å². The summed E-state index contributed by atoms with van der Waals surface area (Å²) in [5.41, 5.74) is 7.23. The molecule has 1 saturated carbocycles. The fourth-order valence-electron chi connectivity index (χ4n) is 2.28. The lowest BCUT2D eigenvalue weighted by Crippen LogP contribution is -2.31. The Labute approximate surface area is 103 Å². The highest BCUT2D eigenvalue weighted by atomic mass is 16.5. The SMILES string of the molecule is COc1ccc(CCOC2CCCC2N)cc1. The lowest BCUT2D eigenvalue weighted by molar-refractivity contribution is 0.0502. The average Bonchev–Trinajstić information content (AvgIpc) is 2.76. The number of nitrogens with two attached hydrogens (primary N) is 1. The Hall–Kier alpha value is -1.06. The van der Waals surface area contributed by atoms with Crippen molar-refractivity contribution in [2.45, 2.75) is 37.8 Å². The van der Waals surface area contributed by atoms with Crippen LogP contribution in [0.2, 0.25) is 0 Å². The summed E-state index contributed by atoms with van der Waals surface area (Å²) in [7, 11) is 1.68. The first-order valence-electron chi connectivity index (χ1n) is 6.29. The average molecular weight is 235 g/mol. The highest BCUT2D eigenvalue weighted by molar-refractivity contribution is 5.27. The molecule has 1 aromatic rings. The summed E-state index contributed by atoms with van der Waals surface area (Å²) in [6.45, 7) is 0.755. The van der Waals surface area contributed by atoms with Crippen molar-refractivity contribution in [1.82, 2.24) is 0 Å². The van der Waals surface area contributed by atoms with Gasteiger partial charge in [0, 0.05) is 6.04 Å². The molecule has 0 aliphatic heterocycles. The van der Waals surface area contributed by atoms with E-state index in [9.17, 15) is 0 Å². The highest BCUT2D eigenvalue weighted by Gasteiger charge is 2.23. The number of ether oxygens (including phenoxy) is 2. The van der Waals surface area contributed by atoms with Crippen molar-refractivity contribution in [2.24, 2.45) is 5.73 Å². The lowest BCUT2D eigenvalue weighted by atomic mass is 10.1. The van der Waals surface area contributed by atoms with Crippen molar-refractivity contribution >= 4 is 0 Å². The van der Waals surface area contributed by atoms with Crippen molar-refractivity contribution in [3.8, 4) is 5.75 Å². The van der Waals surface area contributed by atoms with Gasteiger partial charge >= 0.3 is 0 Å². The second kappa shape index (κ2) is 6.03. The van der Waals surface area contributed by atoms with Crippen molar-refractivity contribution in [2.75, 3.05) is 13.7 Å². The Bertz CT molecular complexity index is 337. The molecule has 0 amide bonds. The molecule has 2 rings (SSSR count). The van der Waals surface area contributed by atoms with E-state index in [4.69, 9.17) is 15.2 Å². The summed E-state index contributed by atoms with van der Waals surface area (Å²) >= 11 is 0. The van der Waals surface area contributed by atoms with Crippen LogP contribution in [-0.2, 0) is 11.2 Å². The van der Waals surface area contributed by atoms with E-state index in [1.54, 1.807) is 7.11 Å². The molecule has 2 unspecified atom stereocenters. The van der Waals surface area contributed by atoms with Gasteiger partial charge in [0.2, 0.25) is 0 Å². The molecule has 0 bridgehead atoms. The first kappa shape index (κ1) is 12.4. The molecule has 1 aliphatic rings. The van der Waals surface area contributed by atoms with Crippen molar-refractivity contribution in [1.29, 1.82) is 0 Å². The van der Waals surface area contributed by atoms with Crippen LogP contribution in [0.15, 0.2) is 24.3 Å². The van der Waals surface area contributed by atoms with Gasteiger partial charge in [-0.2, -0.15) is 0 Å². The molecule has 0 radical (unpaired) electrons. The molecule has 2 N–H and O–H groups in total. The van der Waals surface area contributed by atoms with Gasteiger partial charge in [-0.25, -0.2) is 0 Å². The Morgan fingerprint density at radius 1 is 1.24 bits per heavy atom. The quantitative estimate of drug-likeness (QED) is 0.850. The molecule has 1 aliphatic carbocycles. The summed E-state index contributed by atoms with van der Waals surface area (Å²) in [5.74, 6) is 0.896. The molecule has 1 aromatic carbocycles. The zero-order chi connectivity index (χ0) is 12.1. The Morgan fingerprint density at radius 3 is 2.59 bits per heavy atom. The minimum absolute atomic E-state index is 0.242. The van der Waals surface area contributed by atoms with Crippen molar-refractivity contribution in [3.05, 3.63) is 29.8 Å². The van der Waals surface area contributed by atoms with Crippen LogP contribution in [0.25, 0.3) is 0 Å². The van der Waals surface area contributed by atoms with E-state index in [2.05, 4.69) is 12.1 Å². The standard InChI is InChI=1S/C14H21NO2/c1-16-12-7-5-11(6-8-12)9-10-17-14-4-2-3-13(14)15/h5-8,13-14H,2-4,9-10,15H2,1H3. The van der Waals surface area contributed by atoms with Crippen LogP contribution in [0.1, 0.15) is 24.8 Å². The molecular weight excluding hydrogens is 214 g/mol. The monoisotopic (exact) mass is 235 g/mol. The maximum absolute atomic E-state index is 5.95. The minimum atomic E-state index is 0.242. The van der Waals surface area contributed by atoms with Gasteiger partial charge in [-0.15, -0.1) is 0 Å². The van der Waals surface area contributed by atoms with Crippen LogP contribution in [0.4, 0.5) is 0 Å². The molecule has 94 valence electrons. The van der Waals surface area contributed by atoms with E-state index in [0.717, 1.165) is 31.6 Å². The number of benzene rings is 1. The molecule has 3 heteroatoms. The first-order chi connectivity index (χ1) is 8.29. The van der Waals surface area contributed by atoms with Gasteiger partial charge in [-0.3, -0.25) is 0 Å². The summed E-state index contributed by atoms with van der Waals surface area (Å²) in [6.07, 6.45) is 4.63. The summed E-state index contributed by atoms with van der Waals surface area (Å²) in [6, 6.07) is 8.37. The topological polar surface area (TPSA) is 44.5 Å². The van der Waals surface area contributed by atoms with Crippen LogP contribution in [0.5, 0.6) is 5.75 Å². The van der Waals surface area contributed by atoms with E-state index < -0.39 is 0 Å². The van der Waals surface area contributed by atoms with Crippen LogP contribution >= 0.6 is 0 Å². The van der Waals surface area contributed by atoms with Gasteiger partial charge < -0.3 is 15.2 Å². The molecule has 17 heavy (non-hydrogen) atoms. The zero-order valence-electron chi connectivity index (χ0n) is 10.4. The fourth-order valence-corrected chi connectivity index (χ4v) is 2.28. The zero-order valence-corrected chi connectivity index (χ0v) is 10.4. The minimum Gasteiger partial charge on any atom is -0.497 e. The molecule has 0 heterocycles. The molecular formula is C14H21NO2. The van der Waals surface area contributed by atoms with E-state index in [0.29, 0.717) is 0 Å². The van der Waals surface area contributed by atoms with E-state index in [1.807, 2.05) is 12.1 Å². The van der Waals surface area contributed by atoms with E-state index in [1.165, 1.54) is 12.0 Å². The predicted octanol–water partition coefficient (Wildman–Crippen LogP) is 2.13. The van der Waals surface area contributed by atoms with Crippen molar-refractivity contribution < 1.29 is 9.47 Å². The largest absolute Gasteiger partial charge is 0.497 e. The summed E-state index contributed by atoms with van der Waals surface area (Å²) in [5, 5.41) is 0. The molecule has 0 saturated heterocycles. The third-order valence-electron chi connectivity index (χ3n) is 3.39. The predicted molar refractivity (Wildman–Crippen MR) is 68.3 cm³/mol. The number of hydrogen-bond acceptors (Lipinski definition) is 3. The van der Waals surface area contributed by atoms with Gasteiger partial charge in [-0.1, -0.05) is 12.1 Å². The van der Waals surface area contributed by atoms with Crippen LogP contribution in [0, 0.1) is 0 Å². The Balaban J connectivity index is 1.73. The fraction of sp³-hybridized carbons (Fsp3) is 0.571. The lowest BCUT2D eigenvalue weighted by Gasteiger charge is -2.16. The van der Waals surface area contributed by atoms with Gasteiger partial charge in [0.15, 0.2) is 0 Å². The summed E-state index contributed by atoms with van der Waals surface area (Å²) < 4.78 is 10.9. The van der Waals surface area contributed by atoms with Crippen LogP contribution in [0.3, 0.4) is 0 Å². The first-order valence-corrected chi connectivity index (χ1v) is 6.29. The van der Waals surface area contributed by atoms with Crippen molar-refractivity contribution in [3.63, 3.8) is 0 Å². The second-order valence-electron chi connectivity index (χ2n) is 4.60. The number of methoxy groups -OCH3 is 1. The third kappa shape index (κ3) is 3.45. The van der Waals surface area contributed by atoms with Gasteiger partial charge in [0.25, 0.3) is 0 Å². The molecule has 0 aromatic heterocycles. The second-order valence-corrected chi connectivity index (χ2v) is 4.60. The Kier molecular flexibility index (Phi) is 4.40. The van der Waals surface area contributed by atoms with Crippen LogP contribution in [-0.4, -0.2) is 25.9 Å². The number of rotatable bonds is 5. The highest BCUT2D eigenvalue weighted by Crippen LogP contribution is 2.20. The normalized spacial score (nSPS) is 23.9. The molecule has 0 spiro atoms. The molecule has 3 nitrogen and oxygen atoms in total. The van der Waals surface area contributed by atoms with E-state index >= 15 is 0 Å². The van der Waals surface area contributed by atoms with Gasteiger partial charge in [0.1, 0.15) is 5.75 Å². The molecule has 1 fully saturated rings. The Morgan fingerprint density at radius 2 is 2.00 bits per heavy atom. The van der Waals surface area contributed by atoms with Crippen LogP contribution < -0.4 is 10.5 Å². The third-order valence-corrected chi connectivity index (χ3v) is 3.39. The van der Waals surface area contributed by atoms with Gasteiger partial charge in [0.05, 0.1) is 19.8 Å². The molecule has 2 atom stereocenters. The maximum Gasteiger partial charge on any atom is 0.118 e. The maximum atomic E-state index is 5.95. The summed E-state index contributed by atoms with van der Waals surface area (Å²) in [4.78, 5) is 0.